The predicted octanol–water partition coefficient (Wildman–Crippen LogP) is 3.46. The third-order valence-electron chi connectivity index (χ3n) is 4.80. The fourth-order valence-corrected chi connectivity index (χ4v) is 3.18. The summed E-state index contributed by atoms with van der Waals surface area (Å²) in [6.07, 6.45) is 3.83. The second kappa shape index (κ2) is 9.05. The lowest BCUT2D eigenvalue weighted by atomic mass is 10.1. The van der Waals surface area contributed by atoms with Gasteiger partial charge in [-0.2, -0.15) is 5.10 Å². The largest absolute Gasteiger partial charge is 0.352 e. The van der Waals surface area contributed by atoms with Gasteiger partial charge in [-0.05, 0) is 35.0 Å². The molecule has 0 aliphatic rings. The lowest BCUT2D eigenvalue weighted by Crippen LogP contribution is -2.30. The molecule has 6 heteroatoms. The van der Waals surface area contributed by atoms with E-state index in [1.165, 1.54) is 0 Å². The molecule has 0 aliphatic carbocycles. The molecule has 0 atom stereocenters. The Labute approximate surface area is 174 Å². The summed E-state index contributed by atoms with van der Waals surface area (Å²) in [6.45, 7) is 0.672. The van der Waals surface area contributed by atoms with E-state index in [4.69, 9.17) is 0 Å². The average molecular weight is 398 g/mol. The van der Waals surface area contributed by atoms with Gasteiger partial charge in [-0.1, -0.05) is 48.5 Å². The molecule has 4 aromatic rings. The Morgan fingerprint density at radius 1 is 0.867 bits per heavy atom. The number of nitrogens with zero attached hydrogens (tertiary/aromatic N) is 2. The molecule has 0 spiro atoms. The highest BCUT2D eigenvalue weighted by Crippen LogP contribution is 2.15. The van der Waals surface area contributed by atoms with Crippen molar-refractivity contribution >= 4 is 22.6 Å². The fraction of sp³-hybridized carbons (Fsp3) is 0.125. The number of carbonyl (C=O) groups is 2. The van der Waals surface area contributed by atoms with Crippen LogP contribution in [0.5, 0.6) is 0 Å². The molecular weight excluding hydrogens is 376 g/mol. The number of nitrogens with one attached hydrogen (secondary N) is 2. The number of carbonyl (C=O) groups excluding carboxylic acids is 2. The molecule has 1 aromatic heterocycles. The standard InChI is InChI=1S/C24H22N4O2/c29-23(26-15-18-16-27-28(17-18)22-8-2-1-3-9-22)12-13-25-24(30)21-11-10-19-6-4-5-7-20(19)14-21/h1-11,14,16-17H,12-13,15H2,(H,25,30)(H,26,29). The summed E-state index contributed by atoms with van der Waals surface area (Å²) in [4.78, 5) is 24.4. The van der Waals surface area contributed by atoms with Gasteiger partial charge in [-0.3, -0.25) is 9.59 Å². The van der Waals surface area contributed by atoms with Crippen LogP contribution in [0, 0.1) is 0 Å². The number of fused-ring (bicyclic) bond motifs is 1. The zero-order valence-corrected chi connectivity index (χ0v) is 16.4. The Morgan fingerprint density at radius 3 is 2.47 bits per heavy atom. The highest BCUT2D eigenvalue weighted by Gasteiger charge is 2.08. The molecule has 0 bridgehead atoms. The summed E-state index contributed by atoms with van der Waals surface area (Å²) in [5.74, 6) is -0.307. The summed E-state index contributed by atoms with van der Waals surface area (Å²) in [7, 11) is 0. The van der Waals surface area contributed by atoms with Crippen LogP contribution in [0.25, 0.3) is 16.5 Å². The van der Waals surface area contributed by atoms with E-state index in [1.54, 1.807) is 16.9 Å². The molecule has 0 unspecified atom stereocenters. The number of aromatic nitrogens is 2. The number of rotatable bonds is 7. The van der Waals surface area contributed by atoms with E-state index in [0.29, 0.717) is 12.1 Å². The van der Waals surface area contributed by atoms with Crippen LogP contribution in [-0.4, -0.2) is 28.1 Å². The highest BCUT2D eigenvalue weighted by atomic mass is 16.2. The Hall–Kier alpha value is -3.93. The molecule has 6 nitrogen and oxygen atoms in total. The number of para-hydroxylation sites is 1. The highest BCUT2D eigenvalue weighted by molar-refractivity contribution is 5.98. The van der Waals surface area contributed by atoms with Gasteiger partial charge >= 0.3 is 0 Å². The molecule has 0 aliphatic heterocycles. The van der Waals surface area contributed by atoms with E-state index in [2.05, 4.69) is 15.7 Å². The minimum absolute atomic E-state index is 0.124. The lowest BCUT2D eigenvalue weighted by molar-refractivity contribution is -0.121. The molecule has 0 saturated heterocycles. The van der Waals surface area contributed by atoms with Crippen molar-refractivity contribution in [2.24, 2.45) is 0 Å². The van der Waals surface area contributed by atoms with E-state index in [-0.39, 0.29) is 24.8 Å². The van der Waals surface area contributed by atoms with Crippen molar-refractivity contribution in [3.05, 3.63) is 96.3 Å². The molecule has 0 saturated carbocycles. The number of hydrogen-bond donors (Lipinski definition) is 2. The summed E-state index contributed by atoms with van der Waals surface area (Å²) in [5.41, 5.74) is 2.46. The second-order valence-corrected chi connectivity index (χ2v) is 6.97. The van der Waals surface area contributed by atoms with Gasteiger partial charge < -0.3 is 10.6 Å². The molecular formula is C24H22N4O2. The molecule has 30 heavy (non-hydrogen) atoms. The molecule has 0 radical (unpaired) electrons. The van der Waals surface area contributed by atoms with Gasteiger partial charge in [0.25, 0.3) is 5.91 Å². The fourth-order valence-electron chi connectivity index (χ4n) is 3.18. The third kappa shape index (κ3) is 4.72. The summed E-state index contributed by atoms with van der Waals surface area (Å²) < 4.78 is 1.77. The first-order chi connectivity index (χ1) is 14.7. The Kier molecular flexibility index (Phi) is 5.85. The van der Waals surface area contributed by atoms with Gasteiger partial charge in [0.1, 0.15) is 0 Å². The Morgan fingerprint density at radius 2 is 1.63 bits per heavy atom. The average Bonchev–Trinajstić information content (AvgIpc) is 3.27. The predicted molar refractivity (Wildman–Crippen MR) is 116 cm³/mol. The smallest absolute Gasteiger partial charge is 0.251 e. The lowest BCUT2D eigenvalue weighted by Gasteiger charge is -2.07. The van der Waals surface area contributed by atoms with Crippen molar-refractivity contribution in [3.8, 4) is 5.69 Å². The van der Waals surface area contributed by atoms with Gasteiger partial charge in [0.15, 0.2) is 0 Å². The van der Waals surface area contributed by atoms with E-state index in [0.717, 1.165) is 22.0 Å². The first-order valence-electron chi connectivity index (χ1n) is 9.82. The van der Waals surface area contributed by atoms with Gasteiger partial charge in [-0.25, -0.2) is 4.68 Å². The topological polar surface area (TPSA) is 76.0 Å². The SMILES string of the molecule is O=C(CCNC(=O)c1ccc2ccccc2c1)NCc1cnn(-c2ccccc2)c1. The molecule has 2 N–H and O–H groups in total. The third-order valence-corrected chi connectivity index (χ3v) is 4.80. The maximum absolute atomic E-state index is 12.3. The minimum atomic E-state index is -0.183. The second-order valence-electron chi connectivity index (χ2n) is 6.97. The van der Waals surface area contributed by atoms with E-state index < -0.39 is 0 Å². The van der Waals surface area contributed by atoms with Crippen molar-refractivity contribution in [2.45, 2.75) is 13.0 Å². The minimum Gasteiger partial charge on any atom is -0.352 e. The van der Waals surface area contributed by atoms with Crippen LogP contribution in [0.3, 0.4) is 0 Å². The summed E-state index contributed by atoms with van der Waals surface area (Å²) in [5, 5.41) is 12.1. The Bertz CT molecular complexity index is 1170. The first kappa shape index (κ1) is 19.4. The number of amides is 2. The molecule has 150 valence electrons. The maximum Gasteiger partial charge on any atom is 0.251 e. The van der Waals surface area contributed by atoms with E-state index in [1.807, 2.05) is 72.9 Å². The van der Waals surface area contributed by atoms with Crippen LogP contribution >= 0.6 is 0 Å². The van der Waals surface area contributed by atoms with Gasteiger partial charge in [0.2, 0.25) is 5.91 Å². The zero-order chi connectivity index (χ0) is 20.8. The van der Waals surface area contributed by atoms with Crippen LogP contribution in [-0.2, 0) is 11.3 Å². The Balaban J connectivity index is 1.23. The zero-order valence-electron chi connectivity index (χ0n) is 16.4. The number of hydrogen-bond acceptors (Lipinski definition) is 3. The van der Waals surface area contributed by atoms with E-state index in [9.17, 15) is 9.59 Å². The van der Waals surface area contributed by atoms with E-state index >= 15 is 0 Å². The first-order valence-corrected chi connectivity index (χ1v) is 9.82. The van der Waals surface area contributed by atoms with Gasteiger partial charge in [0, 0.05) is 36.8 Å². The van der Waals surface area contributed by atoms with Crippen LogP contribution < -0.4 is 10.6 Å². The van der Waals surface area contributed by atoms with Crippen LogP contribution in [0.15, 0.2) is 85.2 Å². The van der Waals surface area contributed by atoms with Crippen molar-refractivity contribution in [2.75, 3.05) is 6.54 Å². The maximum atomic E-state index is 12.3. The monoisotopic (exact) mass is 398 g/mol. The molecule has 4 rings (SSSR count). The summed E-state index contributed by atoms with van der Waals surface area (Å²) in [6, 6.07) is 23.2. The molecule has 2 amide bonds. The molecule has 0 fully saturated rings. The van der Waals surface area contributed by atoms with Gasteiger partial charge in [0.05, 0.1) is 11.9 Å². The molecule has 1 heterocycles. The van der Waals surface area contributed by atoms with Crippen molar-refractivity contribution in [1.29, 1.82) is 0 Å². The van der Waals surface area contributed by atoms with Crippen LogP contribution in [0.2, 0.25) is 0 Å². The van der Waals surface area contributed by atoms with Crippen LogP contribution in [0.1, 0.15) is 22.3 Å². The van der Waals surface area contributed by atoms with Crippen LogP contribution in [0.4, 0.5) is 0 Å². The van der Waals surface area contributed by atoms with Crippen molar-refractivity contribution in [3.63, 3.8) is 0 Å². The van der Waals surface area contributed by atoms with Gasteiger partial charge in [-0.15, -0.1) is 0 Å². The normalized spacial score (nSPS) is 10.7. The van der Waals surface area contributed by atoms with Crippen molar-refractivity contribution < 1.29 is 9.59 Å². The quantitative estimate of drug-likeness (QED) is 0.501. The van der Waals surface area contributed by atoms with Crippen molar-refractivity contribution in [1.82, 2.24) is 20.4 Å². The molecule has 3 aromatic carbocycles. The number of benzene rings is 3. The summed E-state index contributed by atoms with van der Waals surface area (Å²) >= 11 is 0.